The van der Waals surface area contributed by atoms with Crippen molar-refractivity contribution in [2.24, 2.45) is 0 Å². The number of hydrogen-bond acceptors (Lipinski definition) is 5. The Bertz CT molecular complexity index is 909. The van der Waals surface area contributed by atoms with Gasteiger partial charge in [-0.15, -0.1) is 0 Å². The molecule has 0 aromatic heterocycles. The van der Waals surface area contributed by atoms with Crippen molar-refractivity contribution in [3.63, 3.8) is 0 Å². The van der Waals surface area contributed by atoms with E-state index < -0.39 is 11.5 Å². The Hall–Kier alpha value is -3.67. The van der Waals surface area contributed by atoms with E-state index in [0.29, 0.717) is 11.1 Å². The largest absolute Gasteiger partial charge is 0.504 e. The van der Waals surface area contributed by atoms with Crippen LogP contribution in [0.25, 0.3) is 12.2 Å². The van der Waals surface area contributed by atoms with Crippen LogP contribution >= 0.6 is 0 Å². The lowest BCUT2D eigenvalue weighted by Gasteiger charge is -2.03. The number of methoxy groups -OCH3 is 2. The van der Waals surface area contributed by atoms with Crippen molar-refractivity contribution in [1.82, 2.24) is 0 Å². The molecular formula is C21H19O6. The van der Waals surface area contributed by atoms with Crippen molar-refractivity contribution in [3.05, 3.63) is 71.5 Å². The Balaban J connectivity index is 2.05. The highest BCUT2D eigenvalue weighted by atomic mass is 16.5. The summed E-state index contributed by atoms with van der Waals surface area (Å²) in [5, 5.41) is 30.9. The van der Waals surface area contributed by atoms with Gasteiger partial charge in [-0.1, -0.05) is 24.3 Å². The molecule has 0 spiro atoms. The zero-order chi connectivity index (χ0) is 19.8. The first-order chi connectivity index (χ1) is 12.9. The van der Waals surface area contributed by atoms with Crippen molar-refractivity contribution in [3.8, 4) is 23.0 Å². The molecule has 2 aromatic carbocycles. The van der Waals surface area contributed by atoms with E-state index in [9.17, 15) is 20.1 Å². The first-order valence-corrected chi connectivity index (χ1v) is 7.95. The number of carbonyl (C=O) groups is 1. The van der Waals surface area contributed by atoms with E-state index >= 15 is 0 Å². The van der Waals surface area contributed by atoms with Crippen LogP contribution in [-0.2, 0) is 9.90 Å². The Morgan fingerprint density at radius 1 is 0.852 bits per heavy atom. The molecule has 6 nitrogen and oxygen atoms in total. The minimum absolute atomic E-state index is 0.00119. The smallest absolute Gasteiger partial charge is 0.182 e. The molecule has 0 aliphatic carbocycles. The maximum atomic E-state index is 11.9. The maximum absolute atomic E-state index is 11.9. The Morgan fingerprint density at radius 3 is 1.81 bits per heavy atom. The molecule has 0 bridgehead atoms. The molecule has 0 saturated heterocycles. The standard InChI is InChI=1S/C21H19O6/c1-26-20-11-14(5-9-18(20)24)3-7-16(22)13-17(23)8-4-15-6-10-19(25)21(12-15)27-2/h3-13,24-25H,1-2H3/b7-3+,8-4+,16-13?. The minimum atomic E-state index is -0.472. The highest BCUT2D eigenvalue weighted by molar-refractivity contribution is 6.02. The van der Waals surface area contributed by atoms with Gasteiger partial charge in [-0.25, -0.2) is 0 Å². The van der Waals surface area contributed by atoms with Gasteiger partial charge in [0.1, 0.15) is 0 Å². The van der Waals surface area contributed by atoms with E-state index in [1.807, 2.05) is 0 Å². The number of rotatable bonds is 7. The summed E-state index contributed by atoms with van der Waals surface area (Å²) in [5.41, 5.74) is 1.29. The lowest BCUT2D eigenvalue weighted by molar-refractivity contribution is -0.110. The molecule has 1 radical (unpaired) electrons. The van der Waals surface area contributed by atoms with Crippen LogP contribution in [0, 0.1) is 0 Å². The first-order valence-electron chi connectivity index (χ1n) is 7.95. The van der Waals surface area contributed by atoms with Crippen LogP contribution < -0.4 is 9.47 Å². The van der Waals surface area contributed by atoms with E-state index in [-0.39, 0.29) is 23.0 Å². The van der Waals surface area contributed by atoms with Gasteiger partial charge < -0.3 is 19.7 Å². The number of phenolic OH excluding ortho intramolecular Hbond substituents is 2. The summed E-state index contributed by atoms with van der Waals surface area (Å²) in [4.78, 5) is 11.9. The summed E-state index contributed by atoms with van der Waals surface area (Å²) < 4.78 is 9.98. The van der Waals surface area contributed by atoms with Crippen LogP contribution in [-0.4, -0.2) is 30.2 Å². The van der Waals surface area contributed by atoms with Crippen LogP contribution in [0.4, 0.5) is 0 Å². The molecule has 2 N–H and O–H groups in total. The van der Waals surface area contributed by atoms with Crippen molar-refractivity contribution < 1.29 is 29.6 Å². The molecule has 2 aromatic rings. The van der Waals surface area contributed by atoms with E-state index in [1.54, 1.807) is 24.3 Å². The molecule has 0 aliphatic heterocycles. The van der Waals surface area contributed by atoms with E-state index in [0.717, 1.165) is 6.08 Å². The van der Waals surface area contributed by atoms with Crippen molar-refractivity contribution in [1.29, 1.82) is 0 Å². The number of aromatic hydroxyl groups is 2. The second kappa shape index (κ2) is 9.15. The van der Waals surface area contributed by atoms with Crippen molar-refractivity contribution >= 4 is 17.9 Å². The van der Waals surface area contributed by atoms with E-state index in [2.05, 4.69) is 0 Å². The fourth-order valence-electron chi connectivity index (χ4n) is 2.19. The average molecular weight is 367 g/mol. The monoisotopic (exact) mass is 367 g/mol. The lowest BCUT2D eigenvalue weighted by atomic mass is 10.1. The molecule has 0 aliphatic rings. The quantitative estimate of drug-likeness (QED) is 0.442. The Labute approximate surface area is 156 Å². The molecule has 0 fully saturated rings. The lowest BCUT2D eigenvalue weighted by Crippen LogP contribution is -1.89. The van der Waals surface area contributed by atoms with Crippen LogP contribution in [0.15, 0.2) is 60.4 Å². The van der Waals surface area contributed by atoms with E-state index in [4.69, 9.17) is 9.47 Å². The summed E-state index contributed by atoms with van der Waals surface area (Å²) in [7, 11) is 2.85. The third-order valence-corrected chi connectivity index (χ3v) is 3.57. The number of hydrogen-bond donors (Lipinski definition) is 2. The van der Waals surface area contributed by atoms with Crippen LogP contribution in [0.1, 0.15) is 11.1 Å². The SMILES string of the molecule is COc1cc(/C=C/C(=O)C=C([O])/C=C/c2ccc(O)c(OC)c2)ccc1O. The zero-order valence-corrected chi connectivity index (χ0v) is 14.9. The van der Waals surface area contributed by atoms with Gasteiger partial charge in [0, 0.05) is 6.08 Å². The van der Waals surface area contributed by atoms with Gasteiger partial charge in [-0.2, -0.15) is 0 Å². The summed E-state index contributed by atoms with van der Waals surface area (Å²) in [6.07, 6.45) is 6.50. The summed E-state index contributed by atoms with van der Waals surface area (Å²) in [5.74, 6) is -0.369. The number of allylic oxidation sites excluding steroid dienone is 3. The second-order valence-electron chi connectivity index (χ2n) is 5.48. The first kappa shape index (κ1) is 19.7. The molecule has 27 heavy (non-hydrogen) atoms. The van der Waals surface area contributed by atoms with Gasteiger partial charge in [0.25, 0.3) is 0 Å². The number of benzene rings is 2. The zero-order valence-electron chi connectivity index (χ0n) is 14.9. The molecule has 0 atom stereocenters. The fourth-order valence-corrected chi connectivity index (χ4v) is 2.19. The van der Waals surface area contributed by atoms with Crippen LogP contribution in [0.5, 0.6) is 23.0 Å². The number of phenols is 2. The van der Waals surface area contributed by atoms with Crippen molar-refractivity contribution in [2.45, 2.75) is 0 Å². The predicted octanol–water partition coefficient (Wildman–Crippen LogP) is 3.73. The molecule has 0 heterocycles. The third kappa shape index (κ3) is 5.67. The Kier molecular flexibility index (Phi) is 6.66. The normalized spacial score (nSPS) is 11.9. The Morgan fingerprint density at radius 2 is 1.33 bits per heavy atom. The topological polar surface area (TPSA) is 95.9 Å². The van der Waals surface area contributed by atoms with Gasteiger partial charge in [-0.05, 0) is 47.5 Å². The van der Waals surface area contributed by atoms with Gasteiger partial charge >= 0.3 is 0 Å². The van der Waals surface area contributed by atoms with Crippen LogP contribution in [0.3, 0.4) is 0 Å². The number of ketones is 1. The van der Waals surface area contributed by atoms with Crippen LogP contribution in [0.2, 0.25) is 0 Å². The number of ether oxygens (including phenoxy) is 2. The minimum Gasteiger partial charge on any atom is -0.504 e. The van der Waals surface area contributed by atoms with Gasteiger partial charge in [0.2, 0.25) is 0 Å². The predicted molar refractivity (Wildman–Crippen MR) is 101 cm³/mol. The van der Waals surface area contributed by atoms with Gasteiger partial charge in [0.15, 0.2) is 34.5 Å². The van der Waals surface area contributed by atoms with Gasteiger partial charge in [0.05, 0.1) is 14.2 Å². The second-order valence-corrected chi connectivity index (χ2v) is 5.48. The molecule has 139 valence electrons. The van der Waals surface area contributed by atoms with E-state index in [1.165, 1.54) is 50.7 Å². The third-order valence-electron chi connectivity index (χ3n) is 3.57. The molecule has 0 unspecified atom stereocenters. The highest BCUT2D eigenvalue weighted by Crippen LogP contribution is 2.27. The summed E-state index contributed by atoms with van der Waals surface area (Å²) in [6.45, 7) is 0. The molecule has 2 rings (SSSR count). The molecular weight excluding hydrogens is 348 g/mol. The summed E-state index contributed by atoms with van der Waals surface area (Å²) >= 11 is 0. The number of carbonyl (C=O) groups excluding carboxylic acids is 1. The molecule has 6 heteroatoms. The van der Waals surface area contributed by atoms with Crippen molar-refractivity contribution in [2.75, 3.05) is 14.2 Å². The highest BCUT2D eigenvalue weighted by Gasteiger charge is 2.03. The average Bonchev–Trinajstić information content (AvgIpc) is 2.66. The molecule has 0 saturated carbocycles. The summed E-state index contributed by atoms with van der Waals surface area (Å²) in [6, 6.07) is 9.26. The van der Waals surface area contributed by atoms with Gasteiger partial charge in [-0.3, -0.25) is 9.90 Å². The maximum Gasteiger partial charge on any atom is 0.182 e. The fraction of sp³-hybridized carbons (Fsp3) is 0.0952. The molecule has 0 amide bonds.